The number of rotatable bonds is 6. The molecule has 1 amide bonds. The molecule has 194 valence electrons. The van der Waals surface area contributed by atoms with Crippen molar-refractivity contribution in [1.82, 2.24) is 19.9 Å². The zero-order valence-corrected chi connectivity index (χ0v) is 21.8. The third-order valence-corrected chi connectivity index (χ3v) is 9.40. The molecule has 36 heavy (non-hydrogen) atoms. The Labute approximate surface area is 211 Å². The maximum atomic E-state index is 13.1. The fraction of sp³-hybridized carbons (Fsp3) is 0.478. The number of alkyl halides is 3. The van der Waals surface area contributed by atoms with E-state index in [2.05, 4.69) is 49.3 Å². The number of aromatic nitrogens is 3. The number of carbonyl (C=O) groups is 1. The van der Waals surface area contributed by atoms with Gasteiger partial charge < -0.3 is 4.90 Å². The molecule has 1 saturated heterocycles. The van der Waals surface area contributed by atoms with E-state index in [1.807, 2.05) is 11.8 Å². The fourth-order valence-electron chi connectivity index (χ4n) is 4.16. The standard InChI is InChI=1S/C23H27F3N6O2S2/c1-4-11-36(34,30-21(33)23(24,25)26)18-13-27-22(28-14-18)32-9-7-31(8-10-32)15(2)17-5-6-20-19(12-17)29-16(3)35-20/h5-6,12-15H,4,7-11H2,1-3H3. The molecule has 1 fully saturated rings. The van der Waals surface area contributed by atoms with E-state index >= 15 is 0 Å². The van der Waals surface area contributed by atoms with Crippen molar-refractivity contribution in [2.45, 2.75) is 44.3 Å². The van der Waals surface area contributed by atoms with Crippen LogP contribution in [0.1, 0.15) is 36.9 Å². The van der Waals surface area contributed by atoms with Gasteiger partial charge in [-0.1, -0.05) is 13.0 Å². The van der Waals surface area contributed by atoms with Gasteiger partial charge in [-0.2, -0.15) is 13.2 Å². The van der Waals surface area contributed by atoms with Crippen molar-refractivity contribution < 1.29 is 22.2 Å². The van der Waals surface area contributed by atoms with Gasteiger partial charge in [-0.25, -0.2) is 19.2 Å². The van der Waals surface area contributed by atoms with Crippen LogP contribution in [0.3, 0.4) is 0 Å². The number of hydrogen-bond donors (Lipinski definition) is 0. The third-order valence-electron chi connectivity index (χ3n) is 6.08. The summed E-state index contributed by atoms with van der Waals surface area (Å²) in [5.41, 5.74) is 2.21. The van der Waals surface area contributed by atoms with E-state index in [9.17, 15) is 22.2 Å². The van der Waals surface area contributed by atoms with E-state index in [0.717, 1.165) is 23.6 Å². The predicted octanol–water partition coefficient (Wildman–Crippen LogP) is 4.60. The number of benzene rings is 1. The molecule has 0 saturated carbocycles. The number of hydrogen-bond acceptors (Lipinski definition) is 8. The van der Waals surface area contributed by atoms with Crippen molar-refractivity contribution in [3.8, 4) is 0 Å². The summed E-state index contributed by atoms with van der Waals surface area (Å²) in [5, 5.41) is 1.04. The molecule has 1 aromatic carbocycles. The van der Waals surface area contributed by atoms with Crippen LogP contribution in [0.2, 0.25) is 0 Å². The van der Waals surface area contributed by atoms with Crippen LogP contribution in [-0.4, -0.2) is 68.1 Å². The molecule has 0 bridgehead atoms. The maximum absolute atomic E-state index is 13.1. The third kappa shape index (κ3) is 5.68. The number of amides is 1. The molecule has 13 heteroatoms. The van der Waals surface area contributed by atoms with Crippen LogP contribution in [0.5, 0.6) is 0 Å². The summed E-state index contributed by atoms with van der Waals surface area (Å²) in [4.78, 5) is 28.7. The van der Waals surface area contributed by atoms with Crippen LogP contribution in [0.15, 0.2) is 39.9 Å². The molecule has 1 aliphatic heterocycles. The molecule has 1 aliphatic rings. The lowest BCUT2D eigenvalue weighted by atomic mass is 10.1. The second-order valence-electron chi connectivity index (χ2n) is 8.62. The summed E-state index contributed by atoms with van der Waals surface area (Å²) in [6, 6.07) is 6.59. The van der Waals surface area contributed by atoms with Gasteiger partial charge in [0.05, 0.1) is 29.8 Å². The van der Waals surface area contributed by atoms with Crippen molar-refractivity contribution in [1.29, 1.82) is 0 Å². The minimum atomic E-state index is -5.18. The van der Waals surface area contributed by atoms with Gasteiger partial charge in [-0.15, -0.1) is 15.7 Å². The highest BCUT2D eigenvalue weighted by Crippen LogP contribution is 2.28. The molecule has 2 aromatic heterocycles. The van der Waals surface area contributed by atoms with E-state index < -0.39 is 21.8 Å². The Morgan fingerprint density at radius 3 is 2.47 bits per heavy atom. The number of aryl methyl sites for hydroxylation is 1. The summed E-state index contributed by atoms with van der Waals surface area (Å²) in [7, 11) is -3.61. The Morgan fingerprint density at radius 2 is 1.86 bits per heavy atom. The number of anilines is 1. The van der Waals surface area contributed by atoms with Gasteiger partial charge in [-0.05, 0) is 38.0 Å². The zero-order chi connectivity index (χ0) is 26.1. The molecule has 8 nitrogen and oxygen atoms in total. The summed E-state index contributed by atoms with van der Waals surface area (Å²) in [6.07, 6.45) is -2.47. The zero-order valence-electron chi connectivity index (χ0n) is 20.2. The van der Waals surface area contributed by atoms with Crippen LogP contribution in [0, 0.1) is 6.92 Å². The van der Waals surface area contributed by atoms with Gasteiger partial charge in [0.15, 0.2) is 0 Å². The first-order valence-electron chi connectivity index (χ1n) is 11.5. The lowest BCUT2D eigenvalue weighted by Gasteiger charge is -2.38. The average Bonchev–Trinajstić information content (AvgIpc) is 3.22. The SMILES string of the molecule is CCCS(=O)(=NC(=O)C(F)(F)F)c1cnc(N2CCN(C(C)c3ccc4sc(C)nc4c3)CC2)nc1. The van der Waals surface area contributed by atoms with E-state index in [1.165, 1.54) is 22.7 Å². The number of halogens is 3. The monoisotopic (exact) mass is 540 g/mol. The minimum Gasteiger partial charge on any atom is -0.338 e. The number of thiazole rings is 1. The molecule has 4 rings (SSSR count). The Morgan fingerprint density at radius 1 is 1.19 bits per heavy atom. The molecule has 0 spiro atoms. The Balaban J connectivity index is 1.44. The van der Waals surface area contributed by atoms with E-state index in [-0.39, 0.29) is 23.1 Å². The van der Waals surface area contributed by atoms with Crippen LogP contribution in [0.25, 0.3) is 10.2 Å². The molecule has 0 N–H and O–H groups in total. The molecule has 0 aliphatic carbocycles. The lowest BCUT2D eigenvalue weighted by Crippen LogP contribution is -2.47. The summed E-state index contributed by atoms with van der Waals surface area (Å²) >= 11 is 1.68. The van der Waals surface area contributed by atoms with Gasteiger partial charge in [0, 0.05) is 50.4 Å². The van der Waals surface area contributed by atoms with Crippen LogP contribution >= 0.6 is 11.3 Å². The highest BCUT2D eigenvalue weighted by atomic mass is 32.2. The van der Waals surface area contributed by atoms with Crippen molar-refractivity contribution in [3.05, 3.63) is 41.2 Å². The van der Waals surface area contributed by atoms with E-state index in [1.54, 1.807) is 18.3 Å². The Hall–Kier alpha value is -2.64. The van der Waals surface area contributed by atoms with Crippen LogP contribution in [-0.2, 0) is 14.5 Å². The molecule has 0 radical (unpaired) electrons. The molecule has 3 heterocycles. The molecule has 3 aromatic rings. The van der Waals surface area contributed by atoms with E-state index in [4.69, 9.17) is 0 Å². The normalized spacial score (nSPS) is 17.7. The molecule has 2 atom stereocenters. The second-order valence-corrected chi connectivity index (χ2v) is 12.2. The Kier molecular flexibility index (Phi) is 7.62. The maximum Gasteiger partial charge on any atom is 0.474 e. The Bertz CT molecular complexity index is 1360. The summed E-state index contributed by atoms with van der Waals surface area (Å²) < 4.78 is 55.4. The minimum absolute atomic E-state index is 0.0781. The first-order valence-corrected chi connectivity index (χ1v) is 14.0. The van der Waals surface area contributed by atoms with Crippen molar-refractivity contribution >= 4 is 43.1 Å². The smallest absolute Gasteiger partial charge is 0.338 e. The van der Waals surface area contributed by atoms with Gasteiger partial charge in [0.25, 0.3) is 0 Å². The van der Waals surface area contributed by atoms with E-state index in [0.29, 0.717) is 19.0 Å². The number of fused-ring (bicyclic) bond motifs is 1. The highest BCUT2D eigenvalue weighted by molar-refractivity contribution is 7.94. The molecular formula is C23H27F3N6O2S2. The predicted molar refractivity (Wildman–Crippen MR) is 134 cm³/mol. The van der Waals surface area contributed by atoms with Crippen molar-refractivity contribution in [2.75, 3.05) is 36.8 Å². The van der Waals surface area contributed by atoms with Crippen molar-refractivity contribution in [2.24, 2.45) is 4.36 Å². The molecular weight excluding hydrogens is 513 g/mol. The van der Waals surface area contributed by atoms with Crippen molar-refractivity contribution in [3.63, 3.8) is 0 Å². The average molecular weight is 541 g/mol. The second kappa shape index (κ2) is 10.4. The van der Waals surface area contributed by atoms with Gasteiger partial charge in [0.1, 0.15) is 0 Å². The first kappa shape index (κ1) is 26.4. The van der Waals surface area contributed by atoms with Gasteiger partial charge >= 0.3 is 12.1 Å². The lowest BCUT2D eigenvalue weighted by molar-refractivity contribution is -0.169. The number of piperazine rings is 1. The first-order chi connectivity index (χ1) is 17.0. The summed E-state index contributed by atoms with van der Waals surface area (Å²) in [5.74, 6) is -2.16. The van der Waals surface area contributed by atoms with Crippen LogP contribution < -0.4 is 4.90 Å². The van der Waals surface area contributed by atoms with Gasteiger partial charge in [-0.3, -0.25) is 9.69 Å². The quantitative estimate of drug-likeness (QED) is 0.451. The summed E-state index contributed by atoms with van der Waals surface area (Å²) in [6.45, 7) is 8.66. The van der Waals surface area contributed by atoms with Crippen LogP contribution in [0.4, 0.5) is 19.1 Å². The largest absolute Gasteiger partial charge is 0.474 e. The fourth-order valence-corrected chi connectivity index (χ4v) is 6.75. The number of carbonyl (C=O) groups excluding carboxylic acids is 1. The number of nitrogens with zero attached hydrogens (tertiary/aromatic N) is 6. The highest BCUT2D eigenvalue weighted by Gasteiger charge is 2.40. The van der Waals surface area contributed by atoms with Gasteiger partial charge in [0.2, 0.25) is 5.95 Å². The molecule has 2 unspecified atom stereocenters. The topological polar surface area (TPSA) is 91.7 Å².